The lowest BCUT2D eigenvalue weighted by Gasteiger charge is -2.18. The van der Waals surface area contributed by atoms with Gasteiger partial charge in [-0.2, -0.15) is 0 Å². The maximum atomic E-state index is 12.0. The summed E-state index contributed by atoms with van der Waals surface area (Å²) in [7, 11) is 0. The largest absolute Gasteiger partial charge is 0.396 e. The topological polar surface area (TPSA) is 49.3 Å². The summed E-state index contributed by atoms with van der Waals surface area (Å²) in [5, 5.41) is 12.2. The minimum Gasteiger partial charge on any atom is -0.396 e. The summed E-state index contributed by atoms with van der Waals surface area (Å²) in [6.07, 6.45) is 3.33. The maximum absolute atomic E-state index is 12.0. The van der Waals surface area contributed by atoms with Crippen molar-refractivity contribution in [3.05, 3.63) is 34.3 Å². The zero-order valence-electron chi connectivity index (χ0n) is 10.2. The number of halogens is 1. The van der Waals surface area contributed by atoms with E-state index in [2.05, 4.69) is 21.2 Å². The minimum atomic E-state index is -0.0499. The Balaban J connectivity index is 1.91. The van der Waals surface area contributed by atoms with E-state index in [4.69, 9.17) is 0 Å². The predicted octanol–water partition coefficient (Wildman–Crippen LogP) is 2.59. The molecule has 4 heteroatoms. The number of benzene rings is 1. The van der Waals surface area contributed by atoms with Crippen molar-refractivity contribution in [2.45, 2.75) is 19.3 Å². The Bertz CT molecular complexity index is 422. The Morgan fingerprint density at radius 3 is 2.78 bits per heavy atom. The first kappa shape index (κ1) is 13.6. The number of hydrogen-bond acceptors (Lipinski definition) is 2. The first-order valence-corrected chi connectivity index (χ1v) is 7.15. The van der Waals surface area contributed by atoms with E-state index in [0.29, 0.717) is 23.9 Å². The van der Waals surface area contributed by atoms with Gasteiger partial charge in [-0.1, -0.05) is 18.6 Å². The van der Waals surface area contributed by atoms with Gasteiger partial charge in [0.2, 0.25) is 0 Å². The molecule has 1 amide bonds. The van der Waals surface area contributed by atoms with Crippen molar-refractivity contribution in [3.63, 3.8) is 0 Å². The molecule has 0 spiro atoms. The van der Waals surface area contributed by atoms with Gasteiger partial charge in [0.25, 0.3) is 5.91 Å². The first-order chi connectivity index (χ1) is 8.72. The van der Waals surface area contributed by atoms with Crippen LogP contribution in [0.25, 0.3) is 0 Å². The highest BCUT2D eigenvalue weighted by molar-refractivity contribution is 9.10. The molecule has 1 saturated carbocycles. The average Bonchev–Trinajstić information content (AvgIpc) is 2.84. The second kappa shape index (κ2) is 6.34. The van der Waals surface area contributed by atoms with Gasteiger partial charge in [-0.25, -0.2) is 0 Å². The Labute approximate surface area is 116 Å². The van der Waals surface area contributed by atoms with E-state index in [9.17, 15) is 9.90 Å². The highest BCUT2D eigenvalue weighted by atomic mass is 79.9. The summed E-state index contributed by atoms with van der Waals surface area (Å²) in [5.41, 5.74) is 0.663. The summed E-state index contributed by atoms with van der Waals surface area (Å²) in [5.74, 6) is 0.719. The van der Waals surface area contributed by atoms with Gasteiger partial charge in [-0.05, 0) is 52.7 Å². The van der Waals surface area contributed by atoms with Gasteiger partial charge in [0.1, 0.15) is 0 Å². The van der Waals surface area contributed by atoms with Crippen LogP contribution < -0.4 is 5.32 Å². The molecule has 0 aliphatic heterocycles. The van der Waals surface area contributed by atoms with Crippen LogP contribution in [0.4, 0.5) is 0 Å². The number of amides is 1. The van der Waals surface area contributed by atoms with E-state index in [1.165, 1.54) is 0 Å². The lowest BCUT2D eigenvalue weighted by molar-refractivity contribution is 0.0937. The van der Waals surface area contributed by atoms with Gasteiger partial charge in [-0.15, -0.1) is 0 Å². The molecule has 0 bridgehead atoms. The normalized spacial score (nSPS) is 23.0. The van der Waals surface area contributed by atoms with Gasteiger partial charge in [0.15, 0.2) is 0 Å². The highest BCUT2D eigenvalue weighted by Crippen LogP contribution is 2.30. The molecule has 0 heterocycles. The monoisotopic (exact) mass is 311 g/mol. The molecule has 3 nitrogen and oxygen atoms in total. The van der Waals surface area contributed by atoms with Crippen molar-refractivity contribution >= 4 is 21.8 Å². The molecule has 0 saturated heterocycles. The van der Waals surface area contributed by atoms with Crippen molar-refractivity contribution in [2.24, 2.45) is 11.8 Å². The fourth-order valence-corrected chi connectivity index (χ4v) is 3.05. The van der Waals surface area contributed by atoms with Crippen LogP contribution in [-0.2, 0) is 0 Å². The van der Waals surface area contributed by atoms with E-state index in [1.807, 2.05) is 18.2 Å². The molecule has 2 atom stereocenters. The number of carbonyl (C=O) groups is 1. The third-order valence-corrected chi connectivity index (χ3v) is 4.39. The molecule has 1 fully saturated rings. The smallest absolute Gasteiger partial charge is 0.252 e. The highest BCUT2D eigenvalue weighted by Gasteiger charge is 2.26. The molecular formula is C14H18BrNO2. The molecule has 0 aromatic heterocycles. The number of rotatable bonds is 4. The second-order valence-electron chi connectivity index (χ2n) is 4.82. The quantitative estimate of drug-likeness (QED) is 0.898. The maximum Gasteiger partial charge on any atom is 0.252 e. The van der Waals surface area contributed by atoms with Gasteiger partial charge < -0.3 is 10.4 Å². The molecule has 98 valence electrons. The summed E-state index contributed by atoms with van der Waals surface area (Å²) in [6.45, 7) is 0.890. The summed E-state index contributed by atoms with van der Waals surface area (Å²) in [6, 6.07) is 7.41. The minimum absolute atomic E-state index is 0.0499. The van der Waals surface area contributed by atoms with Crippen LogP contribution in [-0.4, -0.2) is 24.2 Å². The zero-order chi connectivity index (χ0) is 13.0. The molecule has 1 aliphatic rings. The molecule has 1 aromatic rings. The number of aliphatic hydroxyl groups excluding tert-OH is 1. The Morgan fingerprint density at radius 1 is 1.33 bits per heavy atom. The van der Waals surface area contributed by atoms with Gasteiger partial charge in [0.05, 0.1) is 5.56 Å². The first-order valence-electron chi connectivity index (χ1n) is 6.36. The van der Waals surface area contributed by atoms with Gasteiger partial charge in [-0.3, -0.25) is 4.79 Å². The van der Waals surface area contributed by atoms with Gasteiger partial charge in [0, 0.05) is 17.6 Å². The van der Waals surface area contributed by atoms with E-state index in [-0.39, 0.29) is 12.5 Å². The standard InChI is InChI=1S/C14H18BrNO2/c15-13-7-2-1-6-12(13)14(18)16-8-10-4-3-5-11(10)9-17/h1-2,6-7,10-11,17H,3-5,8-9H2,(H,16,18). The average molecular weight is 312 g/mol. The van der Waals surface area contributed by atoms with Gasteiger partial charge >= 0.3 is 0 Å². The fourth-order valence-electron chi connectivity index (χ4n) is 2.59. The van der Waals surface area contributed by atoms with Crippen LogP contribution in [0.2, 0.25) is 0 Å². The lowest BCUT2D eigenvalue weighted by Crippen LogP contribution is -2.31. The van der Waals surface area contributed by atoms with Crippen LogP contribution in [0.3, 0.4) is 0 Å². The van der Waals surface area contributed by atoms with E-state index in [0.717, 1.165) is 23.7 Å². The third kappa shape index (κ3) is 3.12. The molecule has 2 N–H and O–H groups in total. The second-order valence-corrected chi connectivity index (χ2v) is 5.68. The van der Waals surface area contributed by atoms with E-state index >= 15 is 0 Å². The lowest BCUT2D eigenvalue weighted by atomic mass is 9.97. The molecular weight excluding hydrogens is 294 g/mol. The van der Waals surface area contributed by atoms with Crippen molar-refractivity contribution < 1.29 is 9.90 Å². The number of carbonyl (C=O) groups excluding carboxylic acids is 1. The molecule has 1 aromatic carbocycles. The van der Waals surface area contributed by atoms with Crippen LogP contribution in [0.15, 0.2) is 28.7 Å². The number of aliphatic hydroxyl groups is 1. The van der Waals surface area contributed by atoms with Crippen LogP contribution in [0.5, 0.6) is 0 Å². The summed E-state index contributed by atoms with van der Waals surface area (Å²) < 4.78 is 0.813. The Kier molecular flexibility index (Phi) is 4.78. The molecule has 2 unspecified atom stereocenters. The SMILES string of the molecule is O=C(NCC1CCCC1CO)c1ccccc1Br. The van der Waals surface area contributed by atoms with E-state index in [1.54, 1.807) is 6.07 Å². The Hall–Kier alpha value is -0.870. The molecule has 0 radical (unpaired) electrons. The zero-order valence-corrected chi connectivity index (χ0v) is 11.8. The Morgan fingerprint density at radius 2 is 2.06 bits per heavy atom. The van der Waals surface area contributed by atoms with Crippen LogP contribution in [0.1, 0.15) is 29.6 Å². The predicted molar refractivity (Wildman–Crippen MR) is 74.4 cm³/mol. The summed E-state index contributed by atoms with van der Waals surface area (Å²) >= 11 is 3.38. The van der Waals surface area contributed by atoms with Crippen molar-refractivity contribution in [1.29, 1.82) is 0 Å². The molecule has 2 rings (SSSR count). The van der Waals surface area contributed by atoms with Crippen molar-refractivity contribution in [1.82, 2.24) is 5.32 Å². The fraction of sp³-hybridized carbons (Fsp3) is 0.500. The van der Waals surface area contributed by atoms with Crippen molar-refractivity contribution in [3.8, 4) is 0 Å². The summed E-state index contributed by atoms with van der Waals surface area (Å²) in [4.78, 5) is 12.0. The molecule has 1 aliphatic carbocycles. The number of hydrogen-bond donors (Lipinski definition) is 2. The molecule has 18 heavy (non-hydrogen) atoms. The van der Waals surface area contributed by atoms with Crippen LogP contribution in [0, 0.1) is 11.8 Å². The van der Waals surface area contributed by atoms with E-state index < -0.39 is 0 Å². The third-order valence-electron chi connectivity index (χ3n) is 3.69. The van der Waals surface area contributed by atoms with Crippen LogP contribution >= 0.6 is 15.9 Å². The number of nitrogens with one attached hydrogen (secondary N) is 1. The van der Waals surface area contributed by atoms with Crippen molar-refractivity contribution in [2.75, 3.05) is 13.2 Å².